The maximum atomic E-state index is 12.9. The fourth-order valence-corrected chi connectivity index (χ4v) is 4.50. The van der Waals surface area contributed by atoms with Gasteiger partial charge in [-0.2, -0.15) is 0 Å². The van der Waals surface area contributed by atoms with Crippen LogP contribution in [0.4, 0.5) is 0 Å². The zero-order chi connectivity index (χ0) is 24.6. The van der Waals surface area contributed by atoms with E-state index in [-0.39, 0.29) is 42.6 Å². The van der Waals surface area contributed by atoms with Gasteiger partial charge in [-0.1, -0.05) is 31.9 Å². The topological polar surface area (TPSA) is 122 Å². The smallest absolute Gasteiger partial charge is 0.332 e. The Balaban J connectivity index is 0.000000569. The molecule has 3 aliphatic rings. The number of allylic oxidation sites excluding steroid dienone is 1. The highest BCUT2D eigenvalue weighted by atomic mass is 16.5. The van der Waals surface area contributed by atoms with Gasteiger partial charge in [-0.05, 0) is 32.6 Å². The molecule has 0 radical (unpaired) electrons. The minimum absolute atomic E-state index is 0.0894. The SMILES string of the molecule is CCOC(C)=O.COC(=O)[C@@]12CC1/C=C\CCCCC[C@H](C)C(=O)N1C[C@@H](O)C[C@H]1C(=O)N2. The van der Waals surface area contributed by atoms with Gasteiger partial charge in [0.2, 0.25) is 11.8 Å². The Hall–Kier alpha value is -2.42. The molecule has 0 aromatic carbocycles. The van der Waals surface area contributed by atoms with Crippen LogP contribution < -0.4 is 5.32 Å². The minimum atomic E-state index is -1.05. The first-order valence-corrected chi connectivity index (χ1v) is 11.8. The van der Waals surface area contributed by atoms with Gasteiger partial charge in [-0.3, -0.25) is 14.4 Å². The number of nitrogens with zero attached hydrogens (tertiary/aromatic N) is 1. The molecule has 9 nitrogen and oxygen atoms in total. The first-order chi connectivity index (χ1) is 15.7. The lowest BCUT2D eigenvalue weighted by molar-refractivity contribution is -0.148. The molecule has 33 heavy (non-hydrogen) atoms. The Bertz CT molecular complexity index is 753. The number of methoxy groups -OCH3 is 1. The highest BCUT2D eigenvalue weighted by molar-refractivity contribution is 5.95. The van der Waals surface area contributed by atoms with Gasteiger partial charge in [0.1, 0.15) is 11.6 Å². The molecule has 9 heteroatoms. The van der Waals surface area contributed by atoms with E-state index in [4.69, 9.17) is 4.74 Å². The quantitative estimate of drug-likeness (QED) is 0.469. The standard InChI is InChI=1S/C20H30N2O5.C4H8O2/c1-13-8-6-4-3-5-7-9-14-11-20(14,19(26)27-2)21-17(24)16-10-15(23)12-22(16)18(13)25;1-3-6-4(2)5/h7,9,13-16,23H,3-6,8,10-12H2,1-2H3,(H,21,24);3H2,1-2H3/b9-7-;/t13-,14?,15-,16-,20+;/m0./s1. The average molecular weight is 467 g/mol. The van der Waals surface area contributed by atoms with E-state index in [0.717, 1.165) is 32.1 Å². The fourth-order valence-electron chi connectivity index (χ4n) is 4.50. The summed E-state index contributed by atoms with van der Waals surface area (Å²) in [6.45, 7) is 5.70. The second-order valence-corrected chi connectivity index (χ2v) is 9.05. The number of rotatable bonds is 2. The van der Waals surface area contributed by atoms with Crippen molar-refractivity contribution in [1.82, 2.24) is 10.2 Å². The Morgan fingerprint density at radius 2 is 2.00 bits per heavy atom. The lowest BCUT2D eigenvalue weighted by Gasteiger charge is -2.28. The van der Waals surface area contributed by atoms with E-state index < -0.39 is 23.7 Å². The zero-order valence-corrected chi connectivity index (χ0v) is 20.2. The third-order valence-corrected chi connectivity index (χ3v) is 6.42. The Kier molecular flexibility index (Phi) is 9.88. The normalized spacial score (nSPS) is 33.1. The largest absolute Gasteiger partial charge is 0.467 e. The summed E-state index contributed by atoms with van der Waals surface area (Å²) in [7, 11) is 1.31. The van der Waals surface area contributed by atoms with Crippen molar-refractivity contribution in [3.8, 4) is 0 Å². The predicted octanol–water partition coefficient (Wildman–Crippen LogP) is 1.72. The lowest BCUT2D eigenvalue weighted by atomic mass is 10.0. The molecule has 0 spiro atoms. The molecule has 2 fully saturated rings. The van der Waals surface area contributed by atoms with Crippen LogP contribution in [-0.4, -0.2) is 71.7 Å². The van der Waals surface area contributed by atoms with Gasteiger partial charge in [0, 0.05) is 31.7 Å². The van der Waals surface area contributed by atoms with E-state index in [9.17, 15) is 24.3 Å². The average Bonchev–Trinajstić information content (AvgIpc) is 3.31. The van der Waals surface area contributed by atoms with Crippen molar-refractivity contribution in [2.75, 3.05) is 20.3 Å². The molecule has 2 heterocycles. The third-order valence-electron chi connectivity index (χ3n) is 6.42. The number of ether oxygens (including phenoxy) is 2. The van der Waals surface area contributed by atoms with Crippen molar-refractivity contribution in [1.29, 1.82) is 0 Å². The second kappa shape index (κ2) is 12.2. The van der Waals surface area contributed by atoms with Gasteiger partial charge < -0.3 is 24.8 Å². The van der Waals surface area contributed by atoms with Crippen molar-refractivity contribution in [3.63, 3.8) is 0 Å². The first-order valence-electron chi connectivity index (χ1n) is 11.8. The van der Waals surface area contributed by atoms with Crippen LogP contribution in [0, 0.1) is 11.8 Å². The Labute approximate surface area is 195 Å². The summed E-state index contributed by atoms with van der Waals surface area (Å²) < 4.78 is 9.33. The molecule has 3 rings (SSSR count). The number of aliphatic hydroxyl groups is 1. The van der Waals surface area contributed by atoms with E-state index in [0.29, 0.717) is 13.0 Å². The highest BCUT2D eigenvalue weighted by Gasteiger charge is 2.62. The van der Waals surface area contributed by atoms with Gasteiger partial charge in [-0.25, -0.2) is 4.79 Å². The molecule has 1 unspecified atom stereocenters. The summed E-state index contributed by atoms with van der Waals surface area (Å²) in [5.41, 5.74) is -1.05. The zero-order valence-electron chi connectivity index (χ0n) is 20.2. The molecule has 0 bridgehead atoms. The van der Waals surface area contributed by atoms with E-state index in [1.807, 2.05) is 13.0 Å². The number of hydrogen-bond acceptors (Lipinski definition) is 7. The van der Waals surface area contributed by atoms with Gasteiger partial charge in [0.15, 0.2) is 0 Å². The van der Waals surface area contributed by atoms with Gasteiger partial charge >= 0.3 is 11.9 Å². The van der Waals surface area contributed by atoms with Crippen LogP contribution in [0.3, 0.4) is 0 Å². The number of fused-ring (bicyclic) bond motifs is 2. The Morgan fingerprint density at radius 3 is 2.61 bits per heavy atom. The van der Waals surface area contributed by atoms with Gasteiger partial charge in [0.25, 0.3) is 0 Å². The molecule has 2 amide bonds. The molecule has 1 saturated heterocycles. The van der Waals surface area contributed by atoms with Crippen molar-refractivity contribution in [2.24, 2.45) is 11.8 Å². The third kappa shape index (κ3) is 7.03. The molecular formula is C24H38N2O7. The number of carbonyl (C=O) groups excluding carboxylic acids is 4. The lowest BCUT2D eigenvalue weighted by Crippen LogP contribution is -2.53. The summed E-state index contributed by atoms with van der Waals surface area (Å²) in [4.78, 5) is 49.4. The first kappa shape index (κ1) is 26.8. The number of carbonyl (C=O) groups is 4. The number of nitrogens with one attached hydrogen (secondary N) is 1. The molecule has 0 aromatic rings. The summed E-state index contributed by atoms with van der Waals surface area (Å²) in [5, 5.41) is 12.9. The molecule has 5 atom stereocenters. The van der Waals surface area contributed by atoms with Crippen LogP contribution in [0.5, 0.6) is 0 Å². The molecule has 0 aromatic heterocycles. The molecule has 186 valence electrons. The van der Waals surface area contributed by atoms with Crippen molar-refractivity contribution >= 4 is 23.8 Å². The maximum absolute atomic E-state index is 12.9. The van der Waals surface area contributed by atoms with E-state index in [1.54, 1.807) is 6.92 Å². The van der Waals surface area contributed by atoms with Gasteiger partial charge in [-0.15, -0.1) is 0 Å². The van der Waals surface area contributed by atoms with Gasteiger partial charge in [0.05, 0.1) is 19.8 Å². The van der Waals surface area contributed by atoms with E-state index >= 15 is 0 Å². The minimum Gasteiger partial charge on any atom is -0.467 e. The predicted molar refractivity (Wildman–Crippen MR) is 121 cm³/mol. The van der Waals surface area contributed by atoms with Crippen LogP contribution in [0.2, 0.25) is 0 Å². The van der Waals surface area contributed by atoms with Crippen LogP contribution in [0.15, 0.2) is 12.2 Å². The number of amides is 2. The molecule has 2 aliphatic heterocycles. The Morgan fingerprint density at radius 1 is 1.27 bits per heavy atom. The molecule has 1 aliphatic carbocycles. The highest BCUT2D eigenvalue weighted by Crippen LogP contribution is 2.46. The molecule has 1 saturated carbocycles. The van der Waals surface area contributed by atoms with E-state index in [1.165, 1.54) is 18.9 Å². The maximum Gasteiger partial charge on any atom is 0.332 e. The summed E-state index contributed by atoms with van der Waals surface area (Å²) in [6, 6.07) is -0.744. The van der Waals surface area contributed by atoms with Crippen molar-refractivity contribution in [3.05, 3.63) is 12.2 Å². The van der Waals surface area contributed by atoms with Crippen LogP contribution in [0.1, 0.15) is 65.7 Å². The number of aliphatic hydroxyl groups excluding tert-OH is 1. The fraction of sp³-hybridized carbons (Fsp3) is 0.750. The number of hydrogen-bond donors (Lipinski definition) is 2. The van der Waals surface area contributed by atoms with Crippen molar-refractivity contribution < 1.29 is 33.8 Å². The summed E-state index contributed by atoms with van der Waals surface area (Å²) in [6.07, 6.45) is 8.77. The van der Waals surface area contributed by atoms with Crippen LogP contribution in [0.25, 0.3) is 0 Å². The molecule has 2 N–H and O–H groups in total. The monoisotopic (exact) mass is 466 g/mol. The van der Waals surface area contributed by atoms with Crippen LogP contribution >= 0.6 is 0 Å². The van der Waals surface area contributed by atoms with Crippen LogP contribution in [-0.2, 0) is 28.7 Å². The second-order valence-electron chi connectivity index (χ2n) is 9.05. The van der Waals surface area contributed by atoms with Crippen molar-refractivity contribution in [2.45, 2.75) is 83.4 Å². The number of esters is 2. The van der Waals surface area contributed by atoms with E-state index in [2.05, 4.69) is 16.1 Å². The molecular weight excluding hydrogens is 428 g/mol. The summed E-state index contributed by atoms with van der Waals surface area (Å²) >= 11 is 0. The summed E-state index contributed by atoms with van der Waals surface area (Å²) in [5.74, 6) is -1.43.